The van der Waals surface area contributed by atoms with E-state index in [1.54, 1.807) is 0 Å². The van der Waals surface area contributed by atoms with Gasteiger partial charge in [-0.3, -0.25) is 0 Å². The first kappa shape index (κ1) is 46.0. The summed E-state index contributed by atoms with van der Waals surface area (Å²) in [5, 5.41) is -18.8. The van der Waals surface area contributed by atoms with Gasteiger partial charge in [-0.2, -0.15) is 110 Å². The zero-order chi connectivity index (χ0) is 40.2. The molecule has 0 saturated carbocycles. The number of sulfone groups is 3. The average molecular weight is 844 g/mol. The highest BCUT2D eigenvalue weighted by molar-refractivity contribution is 8.25. The molecule has 0 aliphatic carbocycles. The van der Waals surface area contributed by atoms with Gasteiger partial charge in [-0.05, 0) is 0 Å². The summed E-state index contributed by atoms with van der Waals surface area (Å²) >= 11 is 0. The molecule has 0 saturated heterocycles. The molecule has 0 fully saturated rings. The van der Waals surface area contributed by atoms with Crippen LogP contribution >= 0.6 is 0 Å². The van der Waals surface area contributed by atoms with Crippen LogP contribution in [0.15, 0.2) is 0 Å². The second-order valence-electron chi connectivity index (χ2n) is 8.31. The molecule has 0 aliphatic rings. The molecule has 0 aromatic heterocycles. The molecular weight excluding hydrogens is 842 g/mol. The molecular formula is C13H2F26O6S3. The van der Waals surface area contributed by atoms with Gasteiger partial charge >= 0.3 is 64.6 Å². The van der Waals surface area contributed by atoms with Gasteiger partial charge in [0.15, 0.2) is 0 Å². The average Bonchev–Trinajstić information content (AvgIpc) is 2.79. The van der Waals surface area contributed by atoms with Crippen LogP contribution < -0.4 is 0 Å². The van der Waals surface area contributed by atoms with Crippen LogP contribution in [0.3, 0.4) is 0 Å². The molecule has 48 heavy (non-hydrogen) atoms. The third-order valence-corrected chi connectivity index (χ3v) is 14.1. The monoisotopic (exact) mass is 844 g/mol. The van der Waals surface area contributed by atoms with Gasteiger partial charge in [-0.25, -0.2) is 29.6 Å². The summed E-state index contributed by atoms with van der Waals surface area (Å²) in [5.74, 6) is -53.5. The zero-order valence-electron chi connectivity index (χ0n) is 20.2. The minimum absolute atomic E-state index is 7.60. The van der Waals surface area contributed by atoms with E-state index in [-0.39, 0.29) is 0 Å². The second-order valence-corrected chi connectivity index (χ2v) is 15.4. The van der Waals surface area contributed by atoms with E-state index < -0.39 is 104 Å². The summed E-state index contributed by atoms with van der Waals surface area (Å²) in [6.07, 6.45) is -24.9. The largest absolute Gasteiger partial charge is 0.460 e. The molecule has 0 aromatic carbocycles. The van der Waals surface area contributed by atoms with Crippen LogP contribution in [0, 0.1) is 0 Å². The summed E-state index contributed by atoms with van der Waals surface area (Å²) in [5.41, 5.74) is -7.60. The Bertz CT molecular complexity index is 1470. The van der Waals surface area contributed by atoms with Crippen molar-refractivity contribution in [1.29, 1.82) is 0 Å². The third-order valence-electron chi connectivity index (χ3n) is 5.07. The van der Waals surface area contributed by atoms with Gasteiger partial charge in [-0.15, -0.1) is 0 Å². The van der Waals surface area contributed by atoms with Crippen LogP contribution in [-0.4, -0.2) is 99.2 Å². The molecule has 0 N–H and O–H groups in total. The van der Waals surface area contributed by atoms with E-state index in [0.717, 1.165) is 0 Å². The van der Waals surface area contributed by atoms with Gasteiger partial charge in [-0.1, -0.05) is 0 Å². The van der Waals surface area contributed by atoms with E-state index in [9.17, 15) is 139 Å². The summed E-state index contributed by atoms with van der Waals surface area (Å²) in [7, 11) is -31.0. The zero-order valence-corrected chi connectivity index (χ0v) is 22.6. The SMILES string of the molecule is O=S(=O)(C(F)C(F)(F)C(F)(F)C(F)(F)F)C(S(=O)(=O)C(F)(F)C(F)(F)C(F)(F)C(F)(F)F)S(=O)(=O)C(F)(F)C(F)(F)C(F)(F)C(F)(F)F. The normalized spacial score (nSPS) is 17.6. The van der Waals surface area contributed by atoms with Crippen molar-refractivity contribution in [3.05, 3.63) is 0 Å². The first-order valence-corrected chi connectivity index (χ1v) is 14.3. The maximum absolute atomic E-state index is 14.2. The van der Waals surface area contributed by atoms with Gasteiger partial charge < -0.3 is 0 Å². The summed E-state index contributed by atoms with van der Waals surface area (Å²) < 4.78 is 405. The Labute approximate surface area is 243 Å². The Hall–Kier alpha value is -1.97. The summed E-state index contributed by atoms with van der Waals surface area (Å²) in [6, 6.07) is 0. The standard InChI is InChI=1S/C13H2F26O6S3/c14-1(3(15,16)4(17,18)9(27,28)29)46(40,41)2(47(42,43)12(36,37)7(23,24)5(19,20)10(30,31)32)48(44,45)13(38,39)8(25,26)6(21,22)11(33,34)35/h1-2H. The van der Waals surface area contributed by atoms with Crippen molar-refractivity contribution in [1.82, 2.24) is 0 Å². The summed E-state index contributed by atoms with van der Waals surface area (Å²) in [4.78, 5) is 0. The van der Waals surface area contributed by atoms with Crippen LogP contribution in [0.5, 0.6) is 0 Å². The van der Waals surface area contributed by atoms with Gasteiger partial charge in [0.25, 0.3) is 29.1 Å². The van der Waals surface area contributed by atoms with Crippen molar-refractivity contribution in [2.75, 3.05) is 0 Å². The van der Waals surface area contributed by atoms with E-state index in [2.05, 4.69) is 0 Å². The molecule has 0 rings (SSSR count). The molecule has 0 bridgehead atoms. The Morgan fingerprint density at radius 1 is 0.333 bits per heavy atom. The molecule has 0 spiro atoms. The lowest BCUT2D eigenvalue weighted by Gasteiger charge is -2.38. The first-order chi connectivity index (χ1) is 20.0. The molecule has 0 aliphatic heterocycles. The highest BCUT2D eigenvalue weighted by Crippen LogP contribution is 2.60. The van der Waals surface area contributed by atoms with E-state index in [1.165, 1.54) is 0 Å². The molecule has 0 amide bonds. The number of rotatable bonds is 12. The summed E-state index contributed by atoms with van der Waals surface area (Å²) in [6.45, 7) is 0. The fourth-order valence-corrected chi connectivity index (χ4v) is 10.9. The maximum atomic E-state index is 14.2. The Morgan fingerprint density at radius 3 is 0.729 bits per heavy atom. The Kier molecular flexibility index (Phi) is 10.8. The van der Waals surface area contributed by atoms with Crippen LogP contribution in [0.4, 0.5) is 114 Å². The van der Waals surface area contributed by atoms with Crippen LogP contribution in [-0.2, 0) is 29.5 Å². The highest BCUT2D eigenvalue weighted by Gasteiger charge is 2.91. The Morgan fingerprint density at radius 2 is 0.542 bits per heavy atom. The molecule has 1 atom stereocenters. The molecule has 6 nitrogen and oxygen atoms in total. The lowest BCUT2D eigenvalue weighted by molar-refractivity contribution is -0.382. The lowest BCUT2D eigenvalue weighted by atomic mass is 10.1. The quantitative estimate of drug-likeness (QED) is 0.208. The molecule has 0 heterocycles. The van der Waals surface area contributed by atoms with Gasteiger partial charge in [0.05, 0.1) is 0 Å². The predicted molar refractivity (Wildman–Crippen MR) is 93.2 cm³/mol. The third kappa shape index (κ3) is 5.85. The van der Waals surface area contributed by atoms with E-state index in [1.807, 2.05) is 0 Å². The molecule has 290 valence electrons. The predicted octanol–water partition coefficient (Wildman–Crippen LogP) is 6.49. The minimum atomic E-state index is -10.5. The maximum Gasteiger partial charge on any atom is 0.460 e. The number of alkyl halides is 26. The number of hydrogen-bond donors (Lipinski definition) is 0. The Balaban J connectivity index is 8.68. The molecule has 0 aromatic rings. The van der Waals surface area contributed by atoms with Crippen LogP contribution in [0.1, 0.15) is 0 Å². The molecule has 35 heteroatoms. The fourth-order valence-electron chi connectivity index (χ4n) is 2.48. The van der Waals surface area contributed by atoms with Crippen molar-refractivity contribution in [3.8, 4) is 0 Å². The van der Waals surface area contributed by atoms with Crippen molar-refractivity contribution in [3.63, 3.8) is 0 Å². The van der Waals surface area contributed by atoms with Crippen molar-refractivity contribution >= 4 is 29.5 Å². The van der Waals surface area contributed by atoms with Gasteiger partial charge in [0, 0.05) is 0 Å². The smallest absolute Gasteiger partial charge is 0.223 e. The lowest BCUT2D eigenvalue weighted by Crippen LogP contribution is -2.70. The fraction of sp³-hybridized carbons (Fsp3) is 1.00. The number of hydrogen-bond acceptors (Lipinski definition) is 6. The second kappa shape index (κ2) is 11.3. The first-order valence-electron chi connectivity index (χ1n) is 9.58. The minimum Gasteiger partial charge on any atom is -0.223 e. The van der Waals surface area contributed by atoms with E-state index >= 15 is 0 Å². The van der Waals surface area contributed by atoms with Gasteiger partial charge in [0.2, 0.25) is 9.84 Å². The topological polar surface area (TPSA) is 102 Å². The van der Waals surface area contributed by atoms with E-state index in [4.69, 9.17) is 0 Å². The van der Waals surface area contributed by atoms with Crippen molar-refractivity contribution in [2.45, 2.75) is 74.0 Å². The molecule has 0 radical (unpaired) electrons. The number of halogens is 26. The molecule has 1 unspecified atom stereocenters. The van der Waals surface area contributed by atoms with Crippen molar-refractivity contribution < 1.29 is 139 Å². The highest BCUT2D eigenvalue weighted by atomic mass is 32.3. The van der Waals surface area contributed by atoms with E-state index in [0.29, 0.717) is 0 Å². The van der Waals surface area contributed by atoms with Crippen LogP contribution in [0.25, 0.3) is 0 Å². The van der Waals surface area contributed by atoms with Gasteiger partial charge in [0.1, 0.15) is 0 Å². The van der Waals surface area contributed by atoms with Crippen LogP contribution in [0.2, 0.25) is 0 Å². The van der Waals surface area contributed by atoms with Crippen molar-refractivity contribution in [2.24, 2.45) is 0 Å².